The zero-order valence-electron chi connectivity index (χ0n) is 21.6. The Hall–Kier alpha value is -3.44. The summed E-state index contributed by atoms with van der Waals surface area (Å²) >= 11 is 0. The van der Waals surface area contributed by atoms with Crippen molar-refractivity contribution in [3.05, 3.63) is 96.1 Å². The summed E-state index contributed by atoms with van der Waals surface area (Å²) in [5, 5.41) is 13.1. The smallest absolute Gasteiger partial charge is 0.407 e. The van der Waals surface area contributed by atoms with E-state index in [-0.39, 0.29) is 30.7 Å². The van der Waals surface area contributed by atoms with Gasteiger partial charge in [-0.1, -0.05) is 78.0 Å². The Kier molecular flexibility index (Phi) is 10.3. The number of sulfonamides is 1. The van der Waals surface area contributed by atoms with Crippen LogP contribution in [0.4, 0.5) is 4.79 Å². The average Bonchev–Trinajstić information content (AvgIpc) is 3.48. The Morgan fingerprint density at radius 3 is 2.10 bits per heavy atom. The van der Waals surface area contributed by atoms with Crippen molar-refractivity contribution in [3.63, 3.8) is 0 Å². The van der Waals surface area contributed by atoms with Gasteiger partial charge in [0.2, 0.25) is 0 Å². The minimum atomic E-state index is -4.10. The van der Waals surface area contributed by atoms with E-state index in [1.54, 1.807) is 12.1 Å². The highest BCUT2D eigenvalue weighted by Crippen LogP contribution is 2.26. The van der Waals surface area contributed by atoms with E-state index >= 15 is 0 Å². The first-order valence-electron chi connectivity index (χ1n) is 13.0. The van der Waals surface area contributed by atoms with Gasteiger partial charge in [0.1, 0.15) is 19.0 Å². The Morgan fingerprint density at radius 2 is 1.49 bits per heavy atom. The van der Waals surface area contributed by atoms with E-state index in [1.807, 2.05) is 60.7 Å². The summed E-state index contributed by atoms with van der Waals surface area (Å²) in [4.78, 5) is 17.9. The molecular weight excluding hydrogens is 520 g/mol. The number of benzene rings is 3. The van der Waals surface area contributed by atoms with Crippen LogP contribution in [0.3, 0.4) is 0 Å². The number of alkyl carbamates (subject to hydrolysis) is 1. The van der Waals surface area contributed by atoms with Crippen LogP contribution in [0.1, 0.15) is 36.8 Å². The third-order valence-corrected chi connectivity index (χ3v) is 7.90. The first kappa shape index (κ1) is 28.6. The molecule has 3 aromatic carbocycles. The quantitative estimate of drug-likeness (QED) is 0.301. The summed E-state index contributed by atoms with van der Waals surface area (Å²) in [6, 6.07) is 24.9. The maximum Gasteiger partial charge on any atom is 0.407 e. The fourth-order valence-corrected chi connectivity index (χ4v) is 5.45. The maximum absolute atomic E-state index is 13.5. The molecule has 0 bridgehead atoms. The van der Waals surface area contributed by atoms with Crippen LogP contribution in [0.5, 0.6) is 5.75 Å². The fourth-order valence-electron chi connectivity index (χ4n) is 4.14. The second kappa shape index (κ2) is 14.1. The lowest BCUT2D eigenvalue weighted by molar-refractivity contribution is -0.142. The Balaban J connectivity index is 1.35. The van der Waals surface area contributed by atoms with Gasteiger partial charge in [0, 0.05) is 6.54 Å². The van der Waals surface area contributed by atoms with Gasteiger partial charge >= 0.3 is 6.09 Å². The number of aliphatic hydroxyl groups excluding tert-OH is 1. The van der Waals surface area contributed by atoms with E-state index in [0.29, 0.717) is 12.4 Å². The van der Waals surface area contributed by atoms with Crippen molar-refractivity contribution in [2.75, 3.05) is 13.1 Å². The molecule has 1 saturated carbocycles. The molecule has 2 N–H and O–H groups in total. The second-order valence-corrected chi connectivity index (χ2v) is 11.2. The third-order valence-electron chi connectivity index (χ3n) is 6.26. The number of ether oxygens (including phenoxy) is 2. The van der Waals surface area contributed by atoms with Crippen LogP contribution in [0, 0.1) is 0 Å². The van der Waals surface area contributed by atoms with E-state index in [2.05, 4.69) is 5.32 Å². The molecular formula is C29H34N2O7S. The van der Waals surface area contributed by atoms with Crippen molar-refractivity contribution in [2.45, 2.75) is 56.0 Å². The highest BCUT2D eigenvalue weighted by Gasteiger charge is 2.31. The maximum atomic E-state index is 13.5. The molecule has 3 aromatic rings. The van der Waals surface area contributed by atoms with Crippen LogP contribution in [0.25, 0.3) is 0 Å². The van der Waals surface area contributed by atoms with Crippen molar-refractivity contribution in [1.82, 2.24) is 9.79 Å². The lowest BCUT2D eigenvalue weighted by atomic mass is 10.2. The zero-order chi connectivity index (χ0) is 27.5. The third kappa shape index (κ3) is 8.79. The largest absolute Gasteiger partial charge is 0.489 e. The van der Waals surface area contributed by atoms with Gasteiger partial charge in [-0.05, 0) is 48.2 Å². The highest BCUT2D eigenvalue weighted by molar-refractivity contribution is 7.89. The predicted octanol–water partition coefficient (Wildman–Crippen LogP) is 4.42. The number of nitrogens with zero attached hydrogens (tertiary/aromatic N) is 1. The first-order valence-corrected chi connectivity index (χ1v) is 14.4. The Morgan fingerprint density at radius 1 is 0.897 bits per heavy atom. The van der Waals surface area contributed by atoms with Crippen LogP contribution in [-0.4, -0.2) is 49.4 Å². The zero-order valence-corrected chi connectivity index (χ0v) is 22.5. The van der Waals surface area contributed by atoms with Gasteiger partial charge in [0.05, 0.1) is 23.6 Å². The van der Waals surface area contributed by atoms with Gasteiger partial charge in [-0.2, -0.15) is 0 Å². The lowest BCUT2D eigenvalue weighted by Crippen LogP contribution is -2.44. The first-order chi connectivity index (χ1) is 18.9. The van der Waals surface area contributed by atoms with Gasteiger partial charge in [0.25, 0.3) is 10.0 Å². The summed E-state index contributed by atoms with van der Waals surface area (Å²) in [6.45, 7) is -0.125. The van der Waals surface area contributed by atoms with Crippen LogP contribution in [0.2, 0.25) is 0 Å². The normalized spacial score (nSPS) is 14.7. The minimum absolute atomic E-state index is 0.00925. The molecule has 208 valence electrons. The highest BCUT2D eigenvalue weighted by atomic mass is 32.2. The standard InChI is InChI=1S/C29H34N2O7S/c32-25(19-30-29(33)37-22-24-11-5-2-6-12-24)20-31(38-27-13-7-8-14-27)39(34,35)28-17-15-26(16-18-28)36-21-23-9-3-1-4-10-23/h1-6,9-12,15-18,25,27,32H,7-8,13-14,19-22H2,(H,30,33). The van der Waals surface area contributed by atoms with Gasteiger partial charge in [-0.15, -0.1) is 0 Å². The molecule has 1 atom stereocenters. The van der Waals surface area contributed by atoms with Gasteiger partial charge < -0.3 is 19.9 Å². The van der Waals surface area contributed by atoms with Crippen LogP contribution >= 0.6 is 0 Å². The number of carbonyl (C=O) groups is 1. The van der Waals surface area contributed by atoms with Crippen molar-refractivity contribution in [3.8, 4) is 5.75 Å². The molecule has 0 saturated heterocycles. The molecule has 10 heteroatoms. The Labute approximate surface area is 229 Å². The van der Waals surface area contributed by atoms with Crippen molar-refractivity contribution >= 4 is 16.1 Å². The van der Waals surface area contributed by atoms with E-state index in [4.69, 9.17) is 14.3 Å². The lowest BCUT2D eigenvalue weighted by Gasteiger charge is -2.27. The van der Waals surface area contributed by atoms with Crippen LogP contribution in [0.15, 0.2) is 89.8 Å². The number of aliphatic hydroxyl groups is 1. The van der Waals surface area contributed by atoms with E-state index < -0.39 is 22.2 Å². The van der Waals surface area contributed by atoms with E-state index in [1.165, 1.54) is 12.1 Å². The summed E-state index contributed by atoms with van der Waals surface area (Å²) in [5.41, 5.74) is 1.82. The number of hydrogen-bond donors (Lipinski definition) is 2. The molecule has 0 spiro atoms. The second-order valence-electron chi connectivity index (χ2n) is 9.34. The number of hydrogen-bond acceptors (Lipinski definition) is 7. The summed E-state index contributed by atoms with van der Waals surface area (Å²) < 4.78 is 38.7. The molecule has 4 rings (SSSR count). The number of amides is 1. The number of rotatable bonds is 13. The fraction of sp³-hybridized carbons (Fsp3) is 0.345. The molecule has 0 heterocycles. The summed E-state index contributed by atoms with van der Waals surface area (Å²) in [7, 11) is -4.10. The molecule has 1 fully saturated rings. The van der Waals surface area contributed by atoms with Gasteiger partial charge in [0.15, 0.2) is 0 Å². The predicted molar refractivity (Wildman–Crippen MR) is 145 cm³/mol. The molecule has 9 nitrogen and oxygen atoms in total. The molecule has 1 aliphatic carbocycles. The summed E-state index contributed by atoms with van der Waals surface area (Å²) in [5.74, 6) is 0.527. The van der Waals surface area contributed by atoms with E-state index in [9.17, 15) is 18.3 Å². The molecule has 0 aromatic heterocycles. The average molecular weight is 555 g/mol. The molecule has 1 amide bonds. The van der Waals surface area contributed by atoms with Gasteiger partial charge in [-0.25, -0.2) is 13.2 Å². The molecule has 39 heavy (non-hydrogen) atoms. The van der Waals surface area contributed by atoms with Crippen molar-refractivity contribution < 1.29 is 32.6 Å². The number of hydroxylamine groups is 1. The number of carbonyl (C=O) groups excluding carboxylic acids is 1. The summed E-state index contributed by atoms with van der Waals surface area (Å²) in [6.07, 6.45) is 1.17. The topological polar surface area (TPSA) is 114 Å². The SMILES string of the molecule is O=C(NCC(O)CN(OC1CCCC1)S(=O)(=O)c1ccc(OCc2ccccc2)cc1)OCc1ccccc1. The molecule has 1 aliphatic rings. The van der Waals surface area contributed by atoms with Crippen LogP contribution in [-0.2, 0) is 32.8 Å². The molecule has 0 radical (unpaired) electrons. The molecule has 1 unspecified atom stereocenters. The van der Waals surface area contributed by atoms with Crippen molar-refractivity contribution in [2.24, 2.45) is 0 Å². The Bertz CT molecular complexity index is 1270. The van der Waals surface area contributed by atoms with Crippen molar-refractivity contribution in [1.29, 1.82) is 0 Å². The van der Waals surface area contributed by atoms with Crippen LogP contribution < -0.4 is 10.1 Å². The number of nitrogens with one attached hydrogen (secondary N) is 1. The van der Waals surface area contributed by atoms with Gasteiger partial charge in [-0.3, -0.25) is 4.84 Å². The molecule has 0 aliphatic heterocycles. The van der Waals surface area contributed by atoms with E-state index in [0.717, 1.165) is 41.3 Å². The minimum Gasteiger partial charge on any atom is -0.489 e. The monoisotopic (exact) mass is 554 g/mol.